The van der Waals surface area contributed by atoms with Crippen molar-refractivity contribution in [3.05, 3.63) is 28.8 Å². The van der Waals surface area contributed by atoms with E-state index < -0.39 is 9.84 Å². The van der Waals surface area contributed by atoms with Gasteiger partial charge >= 0.3 is 0 Å². The van der Waals surface area contributed by atoms with Gasteiger partial charge in [0.05, 0.1) is 22.1 Å². The Labute approximate surface area is 123 Å². The molecule has 104 valence electrons. The highest BCUT2D eigenvalue weighted by atomic mass is 35.5. The van der Waals surface area contributed by atoms with E-state index >= 15 is 0 Å². The highest BCUT2D eigenvalue weighted by molar-refractivity contribution is 7.91. The van der Waals surface area contributed by atoms with Gasteiger partial charge in [-0.1, -0.05) is 29.9 Å². The van der Waals surface area contributed by atoms with E-state index in [1.54, 1.807) is 6.07 Å². The molecule has 19 heavy (non-hydrogen) atoms. The third kappa shape index (κ3) is 3.38. The summed E-state index contributed by atoms with van der Waals surface area (Å²) >= 11 is 11.2. The van der Waals surface area contributed by atoms with Gasteiger partial charge in [0.15, 0.2) is 9.84 Å². The molecule has 1 aromatic carbocycles. The van der Waals surface area contributed by atoms with Crippen LogP contribution < -0.4 is 10.6 Å². The van der Waals surface area contributed by atoms with Crippen molar-refractivity contribution in [2.24, 2.45) is 5.73 Å². The van der Waals surface area contributed by atoms with Crippen LogP contribution in [0.3, 0.4) is 0 Å². The van der Waals surface area contributed by atoms with Crippen LogP contribution in [0.2, 0.25) is 5.02 Å². The van der Waals surface area contributed by atoms with Crippen LogP contribution in [-0.4, -0.2) is 38.0 Å². The van der Waals surface area contributed by atoms with Crippen molar-refractivity contribution < 1.29 is 8.42 Å². The molecule has 0 aromatic heterocycles. The third-order valence-corrected chi connectivity index (χ3v) is 5.37. The zero-order valence-electron chi connectivity index (χ0n) is 10.3. The molecule has 1 fully saturated rings. The van der Waals surface area contributed by atoms with Crippen molar-refractivity contribution >= 4 is 44.3 Å². The van der Waals surface area contributed by atoms with Crippen LogP contribution in [-0.2, 0) is 9.84 Å². The Morgan fingerprint density at radius 2 is 2.05 bits per heavy atom. The topological polar surface area (TPSA) is 63.4 Å². The minimum atomic E-state index is -2.94. The van der Waals surface area contributed by atoms with Crippen molar-refractivity contribution in [2.45, 2.75) is 6.42 Å². The van der Waals surface area contributed by atoms with E-state index in [0.717, 1.165) is 5.69 Å². The quantitative estimate of drug-likeness (QED) is 0.839. The molecular weight excluding hydrogens is 304 g/mol. The van der Waals surface area contributed by atoms with E-state index in [2.05, 4.69) is 0 Å². The second-order valence-electron chi connectivity index (χ2n) is 4.49. The molecular formula is C12H15ClN2O2S2. The Bertz CT molecular complexity index is 602. The first-order valence-corrected chi connectivity index (χ1v) is 8.55. The van der Waals surface area contributed by atoms with Gasteiger partial charge in [0, 0.05) is 18.8 Å². The van der Waals surface area contributed by atoms with Gasteiger partial charge in [0.2, 0.25) is 0 Å². The van der Waals surface area contributed by atoms with Crippen molar-refractivity contribution in [1.82, 2.24) is 0 Å². The van der Waals surface area contributed by atoms with E-state index in [-0.39, 0.29) is 16.5 Å². The minimum absolute atomic E-state index is 0.149. The summed E-state index contributed by atoms with van der Waals surface area (Å²) < 4.78 is 23.3. The molecule has 1 heterocycles. The average molecular weight is 319 g/mol. The maximum atomic E-state index is 11.6. The van der Waals surface area contributed by atoms with Gasteiger partial charge < -0.3 is 10.6 Å². The maximum Gasteiger partial charge on any atom is 0.152 e. The van der Waals surface area contributed by atoms with Crippen molar-refractivity contribution in [1.29, 1.82) is 0 Å². The van der Waals surface area contributed by atoms with E-state index in [0.29, 0.717) is 30.1 Å². The highest BCUT2D eigenvalue weighted by Gasteiger charge is 2.22. The zero-order valence-corrected chi connectivity index (χ0v) is 12.7. The van der Waals surface area contributed by atoms with Gasteiger partial charge in [-0.15, -0.1) is 0 Å². The summed E-state index contributed by atoms with van der Waals surface area (Å²) in [6, 6.07) is 5.42. The molecule has 0 aliphatic carbocycles. The van der Waals surface area contributed by atoms with Crippen LogP contribution in [0.4, 0.5) is 5.69 Å². The van der Waals surface area contributed by atoms with Crippen molar-refractivity contribution in [3.8, 4) is 0 Å². The molecule has 0 amide bonds. The smallest absolute Gasteiger partial charge is 0.152 e. The average Bonchev–Trinajstić information content (AvgIpc) is 2.49. The fraction of sp³-hybridized carbons (Fsp3) is 0.417. The molecule has 7 heteroatoms. The standard InChI is InChI=1S/C12H15ClN2O2S2/c13-9-3-1-4-10(11(9)12(14)18)15-5-2-7-19(16,17)8-6-15/h1,3-4H,2,5-8H2,(H2,14,18). The number of benzene rings is 1. The van der Waals surface area contributed by atoms with Gasteiger partial charge in [0.1, 0.15) is 4.99 Å². The molecule has 1 aliphatic rings. The Balaban J connectivity index is 2.37. The number of thiocarbonyl (C=S) groups is 1. The number of nitrogens with zero attached hydrogens (tertiary/aromatic N) is 1. The Morgan fingerprint density at radius 3 is 2.74 bits per heavy atom. The van der Waals surface area contributed by atoms with Crippen LogP contribution in [0.5, 0.6) is 0 Å². The summed E-state index contributed by atoms with van der Waals surface area (Å²) in [5.74, 6) is 0.378. The monoisotopic (exact) mass is 318 g/mol. The molecule has 2 rings (SSSR count). The fourth-order valence-corrected chi connectivity index (χ4v) is 4.01. The van der Waals surface area contributed by atoms with Crippen molar-refractivity contribution in [2.75, 3.05) is 29.5 Å². The summed E-state index contributed by atoms with van der Waals surface area (Å²) in [5, 5.41) is 0.497. The van der Waals surface area contributed by atoms with Crippen molar-refractivity contribution in [3.63, 3.8) is 0 Å². The summed E-state index contributed by atoms with van der Waals surface area (Å²) in [6.45, 7) is 1.10. The molecule has 2 N–H and O–H groups in total. The van der Waals surface area contributed by atoms with Gasteiger partial charge in [-0.2, -0.15) is 0 Å². The number of anilines is 1. The first-order valence-electron chi connectivity index (χ1n) is 5.94. The normalized spacial score (nSPS) is 18.9. The van der Waals surface area contributed by atoms with Crippen LogP contribution in [0.25, 0.3) is 0 Å². The lowest BCUT2D eigenvalue weighted by molar-refractivity contribution is 0.597. The van der Waals surface area contributed by atoms with Gasteiger partial charge in [-0.25, -0.2) is 8.42 Å². The number of sulfone groups is 1. The SMILES string of the molecule is NC(=S)c1c(Cl)cccc1N1CCCS(=O)(=O)CC1. The molecule has 0 atom stereocenters. The number of rotatable bonds is 2. The minimum Gasteiger partial charge on any atom is -0.389 e. The van der Waals surface area contributed by atoms with Gasteiger partial charge in [-0.3, -0.25) is 0 Å². The predicted molar refractivity (Wildman–Crippen MR) is 82.8 cm³/mol. The van der Waals surface area contributed by atoms with E-state index in [9.17, 15) is 8.42 Å². The summed E-state index contributed by atoms with van der Waals surface area (Å²) in [4.78, 5) is 2.22. The predicted octanol–water partition coefficient (Wildman–Crippen LogP) is 1.60. The Kier molecular flexibility index (Phi) is 4.32. The second kappa shape index (κ2) is 5.64. The molecule has 0 radical (unpaired) electrons. The number of hydrogen-bond acceptors (Lipinski definition) is 4. The Hall–Kier alpha value is -0.850. The first kappa shape index (κ1) is 14.6. The van der Waals surface area contributed by atoms with E-state index in [4.69, 9.17) is 29.6 Å². The summed E-state index contributed by atoms with van der Waals surface area (Å²) in [6.07, 6.45) is 0.603. The van der Waals surface area contributed by atoms with E-state index in [1.165, 1.54) is 0 Å². The third-order valence-electron chi connectivity index (χ3n) is 3.13. The molecule has 0 bridgehead atoms. The van der Waals surface area contributed by atoms with E-state index in [1.807, 2.05) is 17.0 Å². The lowest BCUT2D eigenvalue weighted by atomic mass is 10.1. The summed E-state index contributed by atoms with van der Waals surface area (Å²) in [7, 11) is -2.94. The lowest BCUT2D eigenvalue weighted by Gasteiger charge is -2.25. The zero-order chi connectivity index (χ0) is 14.0. The van der Waals surface area contributed by atoms with Gasteiger partial charge in [0.25, 0.3) is 0 Å². The van der Waals surface area contributed by atoms with Gasteiger partial charge in [-0.05, 0) is 18.6 Å². The number of hydrogen-bond donors (Lipinski definition) is 1. The largest absolute Gasteiger partial charge is 0.389 e. The lowest BCUT2D eigenvalue weighted by Crippen LogP contribution is -2.29. The molecule has 0 saturated carbocycles. The molecule has 1 aromatic rings. The van der Waals surface area contributed by atoms with Crippen LogP contribution in [0.15, 0.2) is 18.2 Å². The van der Waals surface area contributed by atoms with Crippen LogP contribution in [0, 0.1) is 0 Å². The van der Waals surface area contributed by atoms with Crippen LogP contribution in [0.1, 0.15) is 12.0 Å². The molecule has 4 nitrogen and oxygen atoms in total. The molecule has 1 aliphatic heterocycles. The molecule has 1 saturated heterocycles. The molecule has 0 spiro atoms. The summed E-state index contributed by atoms with van der Waals surface area (Å²) in [5.41, 5.74) is 7.16. The maximum absolute atomic E-state index is 11.6. The fourth-order valence-electron chi connectivity index (χ4n) is 2.20. The number of nitrogens with two attached hydrogens (primary N) is 1. The first-order chi connectivity index (χ1) is 8.91. The Morgan fingerprint density at radius 1 is 1.32 bits per heavy atom. The molecule has 0 unspecified atom stereocenters. The number of halogens is 1. The van der Waals surface area contributed by atoms with Crippen LogP contribution >= 0.6 is 23.8 Å². The highest BCUT2D eigenvalue weighted by Crippen LogP contribution is 2.28. The second-order valence-corrected chi connectivity index (χ2v) is 7.64.